The minimum atomic E-state index is -0.174. The van der Waals surface area contributed by atoms with Gasteiger partial charge in [0.25, 0.3) is 5.91 Å². The van der Waals surface area contributed by atoms with E-state index in [4.69, 9.17) is 0 Å². The van der Waals surface area contributed by atoms with Gasteiger partial charge in [-0.2, -0.15) is 5.10 Å². The van der Waals surface area contributed by atoms with Gasteiger partial charge in [0, 0.05) is 22.8 Å². The van der Waals surface area contributed by atoms with Gasteiger partial charge < -0.3 is 5.32 Å². The van der Waals surface area contributed by atoms with Crippen molar-refractivity contribution in [3.8, 4) is 16.3 Å². The van der Waals surface area contributed by atoms with Gasteiger partial charge in [-0.05, 0) is 43.3 Å². The van der Waals surface area contributed by atoms with E-state index in [1.54, 1.807) is 28.4 Å². The van der Waals surface area contributed by atoms with Gasteiger partial charge >= 0.3 is 0 Å². The molecule has 0 aliphatic carbocycles. The normalized spacial score (nSPS) is 10.7. The topological polar surface area (TPSA) is 59.8 Å². The second-order valence-electron chi connectivity index (χ2n) is 5.76. The molecular weight excluding hydrogens is 344 g/mol. The maximum absolute atomic E-state index is 12.6. The van der Waals surface area contributed by atoms with E-state index in [9.17, 15) is 4.79 Å². The first-order valence-corrected chi connectivity index (χ1v) is 9.01. The Morgan fingerprint density at radius 3 is 2.54 bits per heavy atom. The fourth-order valence-electron chi connectivity index (χ4n) is 2.72. The molecule has 2 aromatic heterocycles. The molecule has 0 spiro atoms. The largest absolute Gasteiger partial charge is 0.322 e. The average molecular weight is 360 g/mol. The Bertz CT molecular complexity index is 1020. The van der Waals surface area contributed by atoms with E-state index in [1.165, 1.54) is 0 Å². The second-order valence-corrected chi connectivity index (χ2v) is 6.65. The molecule has 0 bridgehead atoms. The van der Waals surface area contributed by atoms with Crippen LogP contribution in [0.25, 0.3) is 16.3 Å². The van der Waals surface area contributed by atoms with Crippen molar-refractivity contribution in [2.75, 3.05) is 5.32 Å². The van der Waals surface area contributed by atoms with Crippen molar-refractivity contribution >= 4 is 22.9 Å². The summed E-state index contributed by atoms with van der Waals surface area (Å²) in [5.41, 5.74) is 4.05. The second kappa shape index (κ2) is 6.93. The van der Waals surface area contributed by atoms with Gasteiger partial charge in [0.1, 0.15) is 5.01 Å². The van der Waals surface area contributed by atoms with Crippen LogP contribution in [0.1, 0.15) is 16.1 Å². The summed E-state index contributed by atoms with van der Waals surface area (Å²) in [5, 5.41) is 10.2. The van der Waals surface area contributed by atoms with Gasteiger partial charge in [0.2, 0.25) is 0 Å². The number of anilines is 1. The van der Waals surface area contributed by atoms with Crippen molar-refractivity contribution in [1.29, 1.82) is 0 Å². The molecule has 1 amide bonds. The molecule has 0 atom stereocenters. The van der Waals surface area contributed by atoms with E-state index in [1.807, 2.05) is 66.9 Å². The van der Waals surface area contributed by atoms with Crippen LogP contribution in [0.3, 0.4) is 0 Å². The number of nitrogens with one attached hydrogen (secondary N) is 1. The van der Waals surface area contributed by atoms with Gasteiger partial charge in [-0.25, -0.2) is 9.67 Å². The molecule has 5 nitrogen and oxygen atoms in total. The summed E-state index contributed by atoms with van der Waals surface area (Å²) in [6.45, 7) is 1.89. The molecule has 0 saturated carbocycles. The summed E-state index contributed by atoms with van der Waals surface area (Å²) in [6.07, 6.45) is 3.38. The number of nitrogens with zero attached hydrogens (tertiary/aromatic N) is 3. The molecule has 4 aromatic rings. The Morgan fingerprint density at radius 2 is 1.85 bits per heavy atom. The highest BCUT2D eigenvalue weighted by Gasteiger charge is 2.15. The van der Waals surface area contributed by atoms with Crippen molar-refractivity contribution < 1.29 is 4.79 Å². The van der Waals surface area contributed by atoms with Gasteiger partial charge in [0.15, 0.2) is 0 Å². The Morgan fingerprint density at radius 1 is 1.08 bits per heavy atom. The van der Waals surface area contributed by atoms with E-state index in [0.717, 1.165) is 27.6 Å². The van der Waals surface area contributed by atoms with E-state index < -0.39 is 0 Å². The fourth-order valence-corrected chi connectivity index (χ4v) is 3.37. The summed E-state index contributed by atoms with van der Waals surface area (Å²) in [4.78, 5) is 16.9. The molecule has 26 heavy (non-hydrogen) atoms. The molecule has 2 heterocycles. The number of para-hydroxylation sites is 1. The lowest BCUT2D eigenvalue weighted by atomic mass is 10.2. The highest BCUT2D eigenvalue weighted by atomic mass is 32.1. The number of amides is 1. The Hall–Kier alpha value is -3.25. The zero-order valence-corrected chi connectivity index (χ0v) is 14.9. The monoisotopic (exact) mass is 360 g/mol. The van der Waals surface area contributed by atoms with Crippen LogP contribution in [0.15, 0.2) is 72.4 Å². The molecule has 0 radical (unpaired) electrons. The van der Waals surface area contributed by atoms with Gasteiger partial charge in [-0.1, -0.05) is 18.2 Å². The van der Waals surface area contributed by atoms with E-state index in [-0.39, 0.29) is 5.91 Å². The number of aromatic nitrogens is 3. The molecule has 4 rings (SSSR count). The number of hydrogen-bond donors (Lipinski definition) is 1. The number of benzene rings is 2. The highest BCUT2D eigenvalue weighted by Crippen LogP contribution is 2.23. The van der Waals surface area contributed by atoms with Crippen LogP contribution >= 0.6 is 11.3 Å². The van der Waals surface area contributed by atoms with E-state index in [0.29, 0.717) is 5.56 Å². The summed E-state index contributed by atoms with van der Waals surface area (Å²) >= 11 is 1.59. The number of thiazole rings is 1. The fraction of sp³-hybridized carbons (Fsp3) is 0.0500. The third-order valence-corrected chi connectivity index (χ3v) is 4.90. The van der Waals surface area contributed by atoms with Crippen molar-refractivity contribution in [3.05, 3.63) is 83.6 Å². The maximum atomic E-state index is 12.6. The molecule has 0 aliphatic rings. The molecular formula is C20H16N4OS. The number of carbonyl (C=O) groups excluding carboxylic acids is 1. The lowest BCUT2D eigenvalue weighted by molar-refractivity contribution is 0.102. The minimum absolute atomic E-state index is 0.174. The Kier molecular flexibility index (Phi) is 4.33. The molecule has 0 unspecified atom stereocenters. The predicted molar refractivity (Wildman–Crippen MR) is 104 cm³/mol. The van der Waals surface area contributed by atoms with Gasteiger partial charge in [0.05, 0.1) is 23.1 Å². The molecule has 6 heteroatoms. The first kappa shape index (κ1) is 16.2. The number of hydrogen-bond acceptors (Lipinski definition) is 4. The van der Waals surface area contributed by atoms with Crippen molar-refractivity contribution in [2.45, 2.75) is 6.92 Å². The van der Waals surface area contributed by atoms with Crippen LogP contribution in [-0.4, -0.2) is 20.7 Å². The lowest BCUT2D eigenvalue weighted by Crippen LogP contribution is -2.13. The summed E-state index contributed by atoms with van der Waals surface area (Å²) in [7, 11) is 0. The Labute approximate surface area is 155 Å². The molecule has 0 aliphatic heterocycles. The standard InChI is InChI=1S/C20H16N4OS/c1-14-18(13-22-24(14)17-5-3-2-4-6-17)19(25)23-16-9-7-15(8-10-16)20-21-11-12-26-20/h2-13H,1H3,(H,23,25). The van der Waals surface area contributed by atoms with Crippen LogP contribution in [-0.2, 0) is 0 Å². The zero-order valence-electron chi connectivity index (χ0n) is 14.1. The molecule has 0 saturated heterocycles. The summed E-state index contributed by atoms with van der Waals surface area (Å²) in [6, 6.07) is 17.4. The SMILES string of the molecule is Cc1c(C(=O)Nc2ccc(-c3nccs3)cc2)cnn1-c1ccccc1. The smallest absolute Gasteiger partial charge is 0.259 e. The number of carbonyl (C=O) groups is 1. The highest BCUT2D eigenvalue weighted by molar-refractivity contribution is 7.13. The zero-order chi connectivity index (χ0) is 17.9. The quantitative estimate of drug-likeness (QED) is 0.580. The molecule has 0 fully saturated rings. The van der Waals surface area contributed by atoms with Gasteiger partial charge in [-0.15, -0.1) is 11.3 Å². The van der Waals surface area contributed by atoms with Crippen LogP contribution in [0.4, 0.5) is 5.69 Å². The summed E-state index contributed by atoms with van der Waals surface area (Å²) in [5.74, 6) is -0.174. The average Bonchev–Trinajstić information content (AvgIpc) is 3.33. The van der Waals surface area contributed by atoms with Crippen molar-refractivity contribution in [1.82, 2.24) is 14.8 Å². The van der Waals surface area contributed by atoms with Crippen LogP contribution < -0.4 is 5.32 Å². The van der Waals surface area contributed by atoms with Crippen molar-refractivity contribution in [2.24, 2.45) is 0 Å². The third kappa shape index (κ3) is 3.14. The molecule has 128 valence electrons. The first-order chi connectivity index (χ1) is 12.7. The van der Waals surface area contributed by atoms with Crippen LogP contribution in [0.2, 0.25) is 0 Å². The summed E-state index contributed by atoms with van der Waals surface area (Å²) < 4.78 is 1.76. The van der Waals surface area contributed by atoms with E-state index in [2.05, 4.69) is 15.4 Å². The Balaban J connectivity index is 1.53. The van der Waals surface area contributed by atoms with Crippen LogP contribution in [0.5, 0.6) is 0 Å². The lowest BCUT2D eigenvalue weighted by Gasteiger charge is -2.07. The van der Waals surface area contributed by atoms with E-state index >= 15 is 0 Å². The van der Waals surface area contributed by atoms with Crippen LogP contribution in [0, 0.1) is 6.92 Å². The van der Waals surface area contributed by atoms with Gasteiger partial charge in [-0.3, -0.25) is 4.79 Å². The van der Waals surface area contributed by atoms with Crippen molar-refractivity contribution in [3.63, 3.8) is 0 Å². The third-order valence-electron chi connectivity index (χ3n) is 4.08. The molecule has 1 N–H and O–H groups in total. The maximum Gasteiger partial charge on any atom is 0.259 e. The number of rotatable bonds is 4. The minimum Gasteiger partial charge on any atom is -0.322 e. The molecule has 2 aromatic carbocycles. The first-order valence-electron chi connectivity index (χ1n) is 8.14. The predicted octanol–water partition coefficient (Wildman–Crippen LogP) is 4.56.